The number of rotatable bonds is 7. The predicted molar refractivity (Wildman–Crippen MR) is 94.2 cm³/mol. The van der Waals surface area contributed by atoms with Gasteiger partial charge in [0.2, 0.25) is 5.95 Å². The second-order valence-electron chi connectivity index (χ2n) is 6.37. The minimum Gasteiger partial charge on any atom is -0.388 e. The fourth-order valence-corrected chi connectivity index (χ4v) is 3.56. The van der Waals surface area contributed by atoms with E-state index < -0.39 is 37.5 Å². The molecule has 1 aliphatic heterocycles. The van der Waals surface area contributed by atoms with Gasteiger partial charge in [0.15, 0.2) is 17.4 Å². The minimum absolute atomic E-state index is 0.0570. The van der Waals surface area contributed by atoms with E-state index in [-0.39, 0.29) is 23.7 Å². The summed E-state index contributed by atoms with van der Waals surface area (Å²) in [4.78, 5) is 31.7. The Morgan fingerprint density at radius 1 is 1.52 bits per heavy atom. The number of aliphatic hydroxyl groups is 1. The largest absolute Gasteiger partial charge is 0.388 e. The van der Waals surface area contributed by atoms with Gasteiger partial charge in [0.25, 0.3) is 5.56 Å². The van der Waals surface area contributed by atoms with Gasteiger partial charge in [-0.1, -0.05) is 0 Å². The predicted octanol–water partition coefficient (Wildman–Crippen LogP) is -0.555. The van der Waals surface area contributed by atoms with Crippen LogP contribution >= 0.6 is 7.60 Å². The van der Waals surface area contributed by atoms with Gasteiger partial charge in [0.1, 0.15) is 6.10 Å². The van der Waals surface area contributed by atoms with E-state index in [2.05, 4.69) is 15.0 Å². The first-order valence-electron chi connectivity index (χ1n) is 8.21. The van der Waals surface area contributed by atoms with Crippen LogP contribution in [0.25, 0.3) is 11.2 Å². The minimum atomic E-state index is -3.71. The molecule has 0 spiro atoms. The third-order valence-electron chi connectivity index (χ3n) is 4.38. The van der Waals surface area contributed by atoms with Crippen LogP contribution in [0.2, 0.25) is 0 Å². The summed E-state index contributed by atoms with van der Waals surface area (Å²) in [7, 11) is -2.18. The zero-order chi connectivity index (χ0) is 19.8. The summed E-state index contributed by atoms with van der Waals surface area (Å²) in [6.45, 7) is 1.24. The number of anilines is 1. The number of ether oxygens (including phenoxy) is 2. The first-order chi connectivity index (χ1) is 12.7. The van der Waals surface area contributed by atoms with E-state index in [0.717, 1.165) is 6.66 Å². The Hall–Kier alpha value is -1.82. The van der Waals surface area contributed by atoms with Gasteiger partial charge in [-0.15, -0.1) is 0 Å². The maximum atomic E-state index is 11.9. The summed E-state index contributed by atoms with van der Waals surface area (Å²) < 4.78 is 28.8. The number of nitrogens with zero attached hydrogens (tertiary/aromatic N) is 3. The van der Waals surface area contributed by atoms with Crippen LogP contribution in [0.3, 0.4) is 0 Å². The van der Waals surface area contributed by atoms with Crippen LogP contribution in [-0.2, 0) is 18.6 Å². The number of aromatic nitrogens is 4. The molecule has 5 atom stereocenters. The Bertz CT molecular complexity index is 909. The summed E-state index contributed by atoms with van der Waals surface area (Å²) in [5.74, 6) is -0.525. The lowest BCUT2D eigenvalue weighted by atomic mass is 9.95. The Morgan fingerprint density at radius 3 is 2.93 bits per heavy atom. The van der Waals surface area contributed by atoms with Gasteiger partial charge < -0.3 is 29.7 Å². The summed E-state index contributed by atoms with van der Waals surface area (Å²) in [6, 6.07) is 0. The van der Waals surface area contributed by atoms with Crippen molar-refractivity contribution >= 4 is 24.7 Å². The van der Waals surface area contributed by atoms with Crippen molar-refractivity contribution in [1.82, 2.24) is 19.5 Å². The molecule has 3 heterocycles. The maximum Gasteiger partial charge on any atom is 0.325 e. The SMILES string of the molecule is COCC[C@H]1[C@@H](O)[C@H](n2cnc3c(=O)[nH]c(N)nc32)O[C@@H]1COP(C)(=O)O. The molecule has 3 rings (SSSR count). The normalized spacial score (nSPS) is 27.9. The Balaban J connectivity index is 1.91. The third kappa shape index (κ3) is 4.21. The van der Waals surface area contributed by atoms with Gasteiger partial charge in [0, 0.05) is 26.3 Å². The van der Waals surface area contributed by atoms with Gasteiger partial charge >= 0.3 is 7.60 Å². The molecule has 0 aromatic carbocycles. The number of fused-ring (bicyclic) bond motifs is 1. The molecule has 150 valence electrons. The van der Waals surface area contributed by atoms with Crippen LogP contribution in [-0.4, -0.2) is 68.7 Å². The molecule has 1 unspecified atom stereocenters. The number of H-pyrrole nitrogens is 1. The molecule has 1 saturated heterocycles. The number of hydrogen-bond acceptors (Lipinski definition) is 9. The van der Waals surface area contributed by atoms with Crippen LogP contribution in [0.15, 0.2) is 11.1 Å². The van der Waals surface area contributed by atoms with E-state index in [1.807, 2.05) is 0 Å². The van der Waals surface area contributed by atoms with E-state index in [4.69, 9.17) is 19.7 Å². The summed E-state index contributed by atoms with van der Waals surface area (Å²) in [6.07, 6.45) is -0.840. The van der Waals surface area contributed by atoms with Crippen LogP contribution in [0, 0.1) is 5.92 Å². The number of aliphatic hydroxyl groups excluding tert-OH is 1. The number of nitrogens with one attached hydrogen (secondary N) is 1. The fourth-order valence-electron chi connectivity index (χ4n) is 3.14. The highest BCUT2D eigenvalue weighted by molar-refractivity contribution is 7.51. The molecular weight excluding hydrogens is 381 g/mol. The van der Waals surface area contributed by atoms with Crippen molar-refractivity contribution in [2.75, 3.05) is 32.7 Å². The van der Waals surface area contributed by atoms with Gasteiger partial charge in [-0.3, -0.25) is 18.9 Å². The number of nitrogen functional groups attached to an aromatic ring is 1. The average molecular weight is 403 g/mol. The first kappa shape index (κ1) is 19.9. The summed E-state index contributed by atoms with van der Waals surface area (Å²) >= 11 is 0. The van der Waals surface area contributed by atoms with Crippen LogP contribution in [0.4, 0.5) is 5.95 Å². The van der Waals surface area contributed by atoms with Crippen molar-refractivity contribution in [2.24, 2.45) is 5.92 Å². The molecule has 0 aliphatic carbocycles. The van der Waals surface area contributed by atoms with Crippen LogP contribution in [0.5, 0.6) is 0 Å². The van der Waals surface area contributed by atoms with Crippen molar-refractivity contribution in [3.63, 3.8) is 0 Å². The van der Waals surface area contributed by atoms with Gasteiger partial charge in [-0.25, -0.2) is 4.98 Å². The molecule has 5 N–H and O–H groups in total. The second kappa shape index (κ2) is 7.66. The van der Waals surface area contributed by atoms with Crippen molar-refractivity contribution in [3.8, 4) is 0 Å². The molecule has 2 aromatic heterocycles. The molecule has 0 radical (unpaired) electrons. The second-order valence-corrected chi connectivity index (χ2v) is 8.24. The molecule has 0 saturated carbocycles. The Labute approximate surface area is 153 Å². The first-order valence-corrected chi connectivity index (χ1v) is 10.2. The molecule has 1 fully saturated rings. The van der Waals surface area contributed by atoms with Crippen molar-refractivity contribution in [1.29, 1.82) is 0 Å². The maximum absolute atomic E-state index is 11.9. The van der Waals surface area contributed by atoms with E-state index in [1.54, 1.807) is 0 Å². The molecular formula is C14H22N5O7P. The molecule has 0 amide bonds. The van der Waals surface area contributed by atoms with E-state index >= 15 is 0 Å². The highest BCUT2D eigenvalue weighted by atomic mass is 31.2. The molecule has 27 heavy (non-hydrogen) atoms. The molecule has 1 aliphatic rings. The van der Waals surface area contributed by atoms with Crippen LogP contribution in [0.1, 0.15) is 12.6 Å². The number of hydrogen-bond donors (Lipinski definition) is 4. The van der Waals surface area contributed by atoms with Gasteiger partial charge in [-0.05, 0) is 6.42 Å². The smallest absolute Gasteiger partial charge is 0.325 e. The van der Waals surface area contributed by atoms with Crippen molar-refractivity contribution in [2.45, 2.75) is 24.9 Å². The standard InChI is InChI=1S/C14H22N5O7P/c1-24-4-3-7-8(5-25-27(2,22)23)26-13(10(7)20)19-6-16-9-11(19)17-14(15)18-12(9)21/h6-8,10,13,20H,3-5H2,1-2H3,(H,22,23)(H3,15,17,18,21)/t7-,8-,10-,13-/m1/s1. The fraction of sp³-hybridized carbons (Fsp3) is 0.643. The van der Waals surface area contributed by atoms with E-state index in [1.165, 1.54) is 18.0 Å². The summed E-state index contributed by atoms with van der Waals surface area (Å²) in [5, 5.41) is 10.8. The van der Waals surface area contributed by atoms with Gasteiger partial charge in [-0.2, -0.15) is 4.98 Å². The lowest BCUT2D eigenvalue weighted by molar-refractivity contribution is -0.0470. The van der Waals surface area contributed by atoms with E-state index in [9.17, 15) is 19.4 Å². The van der Waals surface area contributed by atoms with Crippen LogP contribution < -0.4 is 11.3 Å². The molecule has 13 heteroatoms. The quantitative estimate of drug-likeness (QED) is 0.439. The molecule has 12 nitrogen and oxygen atoms in total. The highest BCUT2D eigenvalue weighted by Crippen LogP contribution is 2.41. The molecule has 2 aromatic rings. The number of imidazole rings is 1. The number of methoxy groups -OCH3 is 1. The number of aromatic amines is 1. The Kier molecular flexibility index (Phi) is 5.65. The highest BCUT2D eigenvalue weighted by Gasteiger charge is 2.45. The van der Waals surface area contributed by atoms with Gasteiger partial charge in [0.05, 0.1) is 19.0 Å². The monoisotopic (exact) mass is 403 g/mol. The van der Waals surface area contributed by atoms with Crippen molar-refractivity contribution < 1.29 is 28.6 Å². The lowest BCUT2D eigenvalue weighted by Gasteiger charge is -2.20. The average Bonchev–Trinajstić information content (AvgIpc) is 3.12. The lowest BCUT2D eigenvalue weighted by Crippen LogP contribution is -2.29. The summed E-state index contributed by atoms with van der Waals surface area (Å²) in [5.41, 5.74) is 5.31. The number of nitrogens with two attached hydrogens (primary N) is 1. The topological polar surface area (TPSA) is 175 Å². The zero-order valence-corrected chi connectivity index (χ0v) is 15.7. The zero-order valence-electron chi connectivity index (χ0n) is 14.8. The van der Waals surface area contributed by atoms with E-state index in [0.29, 0.717) is 13.0 Å². The Morgan fingerprint density at radius 2 is 2.26 bits per heavy atom. The van der Waals surface area contributed by atoms with Crippen molar-refractivity contribution in [3.05, 3.63) is 16.7 Å². The third-order valence-corrected chi connectivity index (χ3v) is 5.01. The molecule has 0 bridgehead atoms.